The monoisotopic (exact) mass is 268 g/mol. The largest absolute Gasteiger partial charge is 0.481 e. The van der Waals surface area contributed by atoms with Crippen LogP contribution in [0.3, 0.4) is 0 Å². The lowest BCUT2D eigenvalue weighted by Crippen LogP contribution is -2.34. The highest BCUT2D eigenvalue weighted by Crippen LogP contribution is 2.45. The van der Waals surface area contributed by atoms with Crippen molar-refractivity contribution in [2.75, 3.05) is 5.75 Å². The van der Waals surface area contributed by atoms with Crippen LogP contribution in [0.2, 0.25) is 0 Å². The Hall–Kier alpha value is -0.970. The number of hydrogen-bond acceptors (Lipinski definition) is 3. The topological polar surface area (TPSA) is 55.1 Å². The summed E-state index contributed by atoms with van der Waals surface area (Å²) >= 11 is 1.31. The van der Waals surface area contributed by atoms with Gasteiger partial charge in [0.15, 0.2) is 5.16 Å². The summed E-state index contributed by atoms with van der Waals surface area (Å²) in [5.41, 5.74) is 1.55. The third-order valence-corrected chi connectivity index (χ3v) is 4.98. The number of nitrogens with zero attached hydrogens (tertiary/aromatic N) is 2. The summed E-state index contributed by atoms with van der Waals surface area (Å²) in [6, 6.07) is 0. The molecule has 0 atom stereocenters. The van der Waals surface area contributed by atoms with E-state index in [0.717, 1.165) is 17.4 Å². The molecule has 0 unspecified atom stereocenters. The average Bonchev–Trinajstić information content (AvgIpc) is 2.62. The average molecular weight is 268 g/mol. The van der Waals surface area contributed by atoms with E-state index in [1.807, 2.05) is 13.1 Å². The lowest BCUT2D eigenvalue weighted by atomic mass is 9.67. The number of thioether (sulfide) groups is 1. The number of carboxylic acids is 1. The molecule has 5 heteroatoms. The number of imidazole rings is 1. The molecule has 1 aliphatic carbocycles. The lowest BCUT2D eigenvalue weighted by molar-refractivity contribution is -0.133. The van der Waals surface area contributed by atoms with Crippen molar-refractivity contribution in [2.24, 2.45) is 5.41 Å². The summed E-state index contributed by atoms with van der Waals surface area (Å²) in [6.45, 7) is 5.27. The molecule has 18 heavy (non-hydrogen) atoms. The van der Waals surface area contributed by atoms with Crippen LogP contribution in [0.1, 0.15) is 38.3 Å². The van der Waals surface area contributed by atoms with Gasteiger partial charge in [-0.3, -0.25) is 4.79 Å². The molecule has 0 bridgehead atoms. The highest BCUT2D eigenvalue weighted by Gasteiger charge is 2.36. The maximum absolute atomic E-state index is 10.6. The summed E-state index contributed by atoms with van der Waals surface area (Å²) in [6.07, 6.45) is 6.91. The van der Waals surface area contributed by atoms with Gasteiger partial charge in [0.2, 0.25) is 0 Å². The van der Waals surface area contributed by atoms with Crippen LogP contribution in [0.25, 0.3) is 0 Å². The molecular weight excluding hydrogens is 248 g/mol. The lowest BCUT2D eigenvalue weighted by Gasteiger charge is -2.42. The normalized spacial score (nSPS) is 17.4. The van der Waals surface area contributed by atoms with E-state index in [2.05, 4.69) is 16.5 Å². The van der Waals surface area contributed by atoms with Gasteiger partial charge in [-0.05, 0) is 31.6 Å². The standard InChI is InChI=1S/C13H20N2O2S/c1-3-13(5-4-6-13)9-15-10(2)7-14-12(15)18-8-11(16)17/h7H,3-6,8-9H2,1-2H3,(H,16,17). The first-order valence-corrected chi connectivity index (χ1v) is 7.41. The number of hydrogen-bond donors (Lipinski definition) is 1. The van der Waals surface area contributed by atoms with Gasteiger partial charge in [-0.2, -0.15) is 0 Å². The van der Waals surface area contributed by atoms with Gasteiger partial charge in [0.25, 0.3) is 0 Å². The fourth-order valence-corrected chi connectivity index (χ4v) is 3.25. The molecule has 4 nitrogen and oxygen atoms in total. The molecule has 1 aliphatic rings. The van der Waals surface area contributed by atoms with Crippen LogP contribution in [0.15, 0.2) is 11.4 Å². The quantitative estimate of drug-likeness (QED) is 0.806. The minimum atomic E-state index is -0.791. The van der Waals surface area contributed by atoms with Crippen LogP contribution in [-0.4, -0.2) is 26.4 Å². The van der Waals surface area contributed by atoms with Crippen LogP contribution in [-0.2, 0) is 11.3 Å². The highest BCUT2D eigenvalue weighted by molar-refractivity contribution is 7.99. The van der Waals surface area contributed by atoms with Gasteiger partial charge in [0.1, 0.15) is 0 Å². The third-order valence-electron chi connectivity index (χ3n) is 4.00. The van der Waals surface area contributed by atoms with Crippen molar-refractivity contribution in [2.45, 2.75) is 51.2 Å². The molecule has 1 aromatic heterocycles. The molecule has 0 aromatic carbocycles. The fourth-order valence-electron chi connectivity index (χ4n) is 2.51. The van der Waals surface area contributed by atoms with Crippen molar-refractivity contribution in [1.82, 2.24) is 9.55 Å². The van der Waals surface area contributed by atoms with Crippen LogP contribution in [0, 0.1) is 12.3 Å². The van der Waals surface area contributed by atoms with Crippen LogP contribution in [0.5, 0.6) is 0 Å². The Morgan fingerprint density at radius 3 is 2.83 bits per heavy atom. The second-order valence-electron chi connectivity index (χ2n) is 5.16. The number of aromatic nitrogens is 2. The molecule has 1 N–H and O–H groups in total. The minimum absolute atomic E-state index is 0.0789. The first kappa shape index (κ1) is 13.5. The molecule has 0 spiro atoms. The van der Waals surface area contributed by atoms with E-state index in [-0.39, 0.29) is 5.75 Å². The molecule has 1 heterocycles. The molecule has 0 amide bonds. The van der Waals surface area contributed by atoms with E-state index in [1.54, 1.807) is 0 Å². The van der Waals surface area contributed by atoms with Crippen molar-refractivity contribution >= 4 is 17.7 Å². The second-order valence-corrected chi connectivity index (χ2v) is 6.10. The number of rotatable bonds is 6. The van der Waals surface area contributed by atoms with Gasteiger partial charge in [-0.25, -0.2) is 4.98 Å². The Kier molecular flexibility index (Phi) is 4.00. The van der Waals surface area contributed by atoms with Crippen molar-refractivity contribution in [1.29, 1.82) is 0 Å². The number of carboxylic acid groups (broad SMARTS) is 1. The van der Waals surface area contributed by atoms with Crippen molar-refractivity contribution < 1.29 is 9.90 Å². The molecule has 1 aromatic rings. The van der Waals surface area contributed by atoms with E-state index in [0.29, 0.717) is 5.41 Å². The van der Waals surface area contributed by atoms with Gasteiger partial charge in [-0.15, -0.1) is 0 Å². The van der Waals surface area contributed by atoms with Gasteiger partial charge < -0.3 is 9.67 Å². The smallest absolute Gasteiger partial charge is 0.313 e. The Morgan fingerprint density at radius 2 is 2.33 bits per heavy atom. The predicted octanol–water partition coefficient (Wildman–Crippen LogP) is 2.95. The molecule has 0 radical (unpaired) electrons. The van der Waals surface area contributed by atoms with E-state index in [1.165, 1.54) is 37.4 Å². The maximum Gasteiger partial charge on any atom is 0.313 e. The van der Waals surface area contributed by atoms with E-state index in [9.17, 15) is 4.79 Å². The maximum atomic E-state index is 10.6. The SMILES string of the molecule is CCC1(Cn2c(C)cnc2SCC(=O)O)CCC1. The highest BCUT2D eigenvalue weighted by atomic mass is 32.2. The first-order valence-electron chi connectivity index (χ1n) is 6.43. The van der Waals surface area contributed by atoms with Gasteiger partial charge in [0.05, 0.1) is 5.75 Å². The van der Waals surface area contributed by atoms with Crippen molar-refractivity contribution in [3.8, 4) is 0 Å². The Bertz CT molecular complexity index is 433. The summed E-state index contributed by atoms with van der Waals surface area (Å²) < 4.78 is 2.19. The molecule has 0 saturated heterocycles. The molecular formula is C13H20N2O2S. The molecule has 100 valence electrons. The predicted molar refractivity (Wildman–Crippen MR) is 71.9 cm³/mol. The zero-order chi connectivity index (χ0) is 13.2. The summed E-state index contributed by atoms with van der Waals surface area (Å²) in [5, 5.41) is 9.59. The van der Waals surface area contributed by atoms with Crippen LogP contribution < -0.4 is 0 Å². The summed E-state index contributed by atoms with van der Waals surface area (Å²) in [4.78, 5) is 15.0. The fraction of sp³-hybridized carbons (Fsp3) is 0.692. The summed E-state index contributed by atoms with van der Waals surface area (Å²) in [5.74, 6) is -0.712. The Balaban J connectivity index is 2.11. The minimum Gasteiger partial charge on any atom is -0.481 e. The number of aliphatic carboxylic acids is 1. The summed E-state index contributed by atoms with van der Waals surface area (Å²) in [7, 11) is 0. The van der Waals surface area contributed by atoms with Crippen LogP contribution >= 0.6 is 11.8 Å². The Labute approximate surface area is 112 Å². The molecule has 1 fully saturated rings. The van der Waals surface area contributed by atoms with E-state index in [4.69, 9.17) is 5.11 Å². The van der Waals surface area contributed by atoms with E-state index < -0.39 is 5.97 Å². The third kappa shape index (κ3) is 2.71. The van der Waals surface area contributed by atoms with Crippen molar-refractivity contribution in [3.05, 3.63) is 11.9 Å². The van der Waals surface area contributed by atoms with Gasteiger partial charge >= 0.3 is 5.97 Å². The van der Waals surface area contributed by atoms with Gasteiger partial charge in [-0.1, -0.05) is 25.1 Å². The van der Waals surface area contributed by atoms with Crippen molar-refractivity contribution in [3.63, 3.8) is 0 Å². The zero-order valence-electron chi connectivity index (χ0n) is 11.0. The first-order chi connectivity index (χ1) is 8.56. The molecule has 2 rings (SSSR count). The molecule has 1 saturated carbocycles. The van der Waals surface area contributed by atoms with Gasteiger partial charge in [0, 0.05) is 18.4 Å². The second kappa shape index (κ2) is 5.34. The van der Waals surface area contributed by atoms with E-state index >= 15 is 0 Å². The van der Waals surface area contributed by atoms with Crippen LogP contribution in [0.4, 0.5) is 0 Å². The number of aryl methyl sites for hydroxylation is 1. The number of carbonyl (C=O) groups is 1. The zero-order valence-corrected chi connectivity index (χ0v) is 11.8. The molecule has 0 aliphatic heterocycles. The Morgan fingerprint density at radius 1 is 1.61 bits per heavy atom.